The highest BCUT2D eigenvalue weighted by Crippen LogP contribution is 2.37. The summed E-state index contributed by atoms with van der Waals surface area (Å²) >= 11 is 3.33. The summed E-state index contributed by atoms with van der Waals surface area (Å²) in [5.41, 5.74) is 1.46. The number of fused-ring (bicyclic) bond motifs is 1. The van der Waals surface area contributed by atoms with Gasteiger partial charge in [-0.1, -0.05) is 28.1 Å². The van der Waals surface area contributed by atoms with Gasteiger partial charge in [0.25, 0.3) is 10.0 Å². The molecule has 1 heterocycles. The third kappa shape index (κ3) is 7.46. The molecule has 210 valence electrons. The van der Waals surface area contributed by atoms with E-state index in [1.165, 1.54) is 33.5 Å². The first kappa shape index (κ1) is 29.2. The number of pyridine rings is 1. The van der Waals surface area contributed by atoms with Crippen molar-refractivity contribution in [3.05, 3.63) is 82.7 Å². The molecule has 12 heteroatoms. The van der Waals surface area contributed by atoms with E-state index in [-0.39, 0.29) is 30.4 Å². The fourth-order valence-corrected chi connectivity index (χ4v) is 5.22. The SMILES string of the molecule is COCC/C(=N\S(=O)(=O)Cc1ccc(Br)cc1)Nc1ccc(Oc2ccnc3cc(OC)c(OC)cc23)c(F)c1. The fourth-order valence-electron chi connectivity index (χ4n) is 3.80. The summed E-state index contributed by atoms with van der Waals surface area (Å²) in [5, 5.41) is 3.50. The number of methoxy groups -OCH3 is 3. The van der Waals surface area contributed by atoms with Gasteiger partial charge in [-0.25, -0.2) is 12.8 Å². The second-order valence-corrected chi connectivity index (χ2v) is 11.1. The zero-order chi connectivity index (χ0) is 28.7. The standard InChI is InChI=1S/C28H27BrFN3O6S/c1-36-13-11-28(33-40(34,35)17-18-4-6-19(29)7-5-18)32-20-8-9-25(22(30)14-20)39-24-10-12-31-23-16-27(38-3)26(37-2)15-21(23)24/h4-10,12,14-16H,11,13,17H2,1-3H3,(H,32,33). The molecular weight excluding hydrogens is 605 g/mol. The fraction of sp³-hybridized carbons (Fsp3) is 0.214. The van der Waals surface area contributed by atoms with Crippen LogP contribution in [0.4, 0.5) is 10.1 Å². The molecule has 0 spiro atoms. The quantitative estimate of drug-likeness (QED) is 0.151. The van der Waals surface area contributed by atoms with Gasteiger partial charge in [0.2, 0.25) is 0 Å². The van der Waals surface area contributed by atoms with Crippen molar-refractivity contribution in [2.45, 2.75) is 12.2 Å². The van der Waals surface area contributed by atoms with Crippen LogP contribution < -0.4 is 19.5 Å². The average Bonchev–Trinajstić information content (AvgIpc) is 2.93. The van der Waals surface area contributed by atoms with Crippen molar-refractivity contribution >= 4 is 48.4 Å². The first-order chi connectivity index (χ1) is 19.2. The Bertz CT molecular complexity index is 1630. The topological polar surface area (TPSA) is 108 Å². The van der Waals surface area contributed by atoms with E-state index in [0.717, 1.165) is 4.47 Å². The number of nitrogens with zero attached hydrogens (tertiary/aromatic N) is 2. The van der Waals surface area contributed by atoms with Crippen LogP contribution in [0.15, 0.2) is 75.7 Å². The second-order valence-electron chi connectivity index (χ2n) is 8.54. The molecule has 1 aromatic heterocycles. The lowest BCUT2D eigenvalue weighted by Crippen LogP contribution is -2.17. The van der Waals surface area contributed by atoms with Crippen molar-refractivity contribution in [3.8, 4) is 23.0 Å². The normalized spacial score (nSPS) is 11.9. The molecule has 4 rings (SSSR count). The van der Waals surface area contributed by atoms with Gasteiger partial charge in [0.15, 0.2) is 23.1 Å². The van der Waals surface area contributed by atoms with E-state index in [1.807, 2.05) is 0 Å². The molecule has 0 aliphatic carbocycles. The number of hydrogen-bond acceptors (Lipinski definition) is 7. The van der Waals surface area contributed by atoms with E-state index < -0.39 is 15.8 Å². The Morgan fingerprint density at radius 1 is 0.950 bits per heavy atom. The summed E-state index contributed by atoms with van der Waals surface area (Å²) in [5.74, 6) is 0.484. The van der Waals surface area contributed by atoms with Crippen LogP contribution in [-0.2, 0) is 20.5 Å². The summed E-state index contributed by atoms with van der Waals surface area (Å²) in [7, 11) is 0.660. The van der Waals surface area contributed by atoms with E-state index in [9.17, 15) is 8.42 Å². The van der Waals surface area contributed by atoms with Gasteiger partial charge in [-0.05, 0) is 42.0 Å². The summed E-state index contributed by atoms with van der Waals surface area (Å²) in [4.78, 5) is 4.33. The minimum Gasteiger partial charge on any atom is -0.493 e. The number of amidine groups is 1. The number of benzene rings is 3. The summed E-state index contributed by atoms with van der Waals surface area (Å²) in [6.45, 7) is 0.215. The molecule has 0 atom stereocenters. The Morgan fingerprint density at radius 2 is 1.68 bits per heavy atom. The van der Waals surface area contributed by atoms with Gasteiger partial charge in [-0.3, -0.25) is 4.98 Å². The highest BCUT2D eigenvalue weighted by Gasteiger charge is 2.16. The summed E-state index contributed by atoms with van der Waals surface area (Å²) < 4.78 is 67.2. The third-order valence-corrected chi connectivity index (χ3v) is 7.43. The van der Waals surface area contributed by atoms with Crippen LogP contribution >= 0.6 is 15.9 Å². The van der Waals surface area contributed by atoms with Crippen LogP contribution in [-0.4, -0.2) is 47.2 Å². The van der Waals surface area contributed by atoms with Crippen LogP contribution in [0.2, 0.25) is 0 Å². The molecule has 0 fully saturated rings. The molecule has 0 saturated carbocycles. The Kier molecular flexibility index (Phi) is 9.56. The third-order valence-electron chi connectivity index (χ3n) is 5.70. The lowest BCUT2D eigenvalue weighted by atomic mass is 10.2. The maximum absolute atomic E-state index is 15.1. The summed E-state index contributed by atoms with van der Waals surface area (Å²) in [6.07, 6.45) is 1.72. The molecule has 0 radical (unpaired) electrons. The molecule has 3 aromatic carbocycles. The number of ether oxygens (including phenoxy) is 4. The minimum absolute atomic E-state index is 0.0360. The van der Waals surface area contributed by atoms with Gasteiger partial charge in [0.05, 0.1) is 32.1 Å². The molecule has 0 bridgehead atoms. The van der Waals surface area contributed by atoms with Crippen LogP contribution in [0.5, 0.6) is 23.0 Å². The van der Waals surface area contributed by atoms with Crippen LogP contribution in [0.25, 0.3) is 10.9 Å². The number of rotatable bonds is 11. The van der Waals surface area contributed by atoms with E-state index in [1.54, 1.807) is 54.7 Å². The zero-order valence-electron chi connectivity index (χ0n) is 22.0. The van der Waals surface area contributed by atoms with Crippen molar-refractivity contribution < 1.29 is 31.8 Å². The van der Waals surface area contributed by atoms with Gasteiger partial charge >= 0.3 is 0 Å². The van der Waals surface area contributed by atoms with E-state index in [4.69, 9.17) is 18.9 Å². The van der Waals surface area contributed by atoms with Crippen molar-refractivity contribution in [2.75, 3.05) is 33.3 Å². The number of nitrogens with one attached hydrogen (secondary N) is 1. The average molecular weight is 633 g/mol. The van der Waals surface area contributed by atoms with Gasteiger partial charge in [0, 0.05) is 47.4 Å². The summed E-state index contributed by atoms with van der Waals surface area (Å²) in [6, 6.07) is 16.1. The largest absolute Gasteiger partial charge is 0.493 e. The van der Waals surface area contributed by atoms with Gasteiger partial charge in [-0.2, -0.15) is 0 Å². The Labute approximate surface area is 240 Å². The Hall–Kier alpha value is -3.74. The maximum atomic E-state index is 15.1. The molecule has 0 amide bonds. The molecule has 0 aliphatic rings. The molecule has 0 unspecified atom stereocenters. The number of aromatic nitrogens is 1. The number of halogens is 2. The molecule has 1 N–H and O–H groups in total. The van der Waals surface area contributed by atoms with Crippen molar-refractivity contribution in [3.63, 3.8) is 0 Å². The molecular formula is C28H27BrFN3O6S. The van der Waals surface area contributed by atoms with Crippen molar-refractivity contribution in [1.29, 1.82) is 0 Å². The van der Waals surface area contributed by atoms with Crippen LogP contribution in [0.1, 0.15) is 12.0 Å². The maximum Gasteiger partial charge on any atom is 0.258 e. The smallest absolute Gasteiger partial charge is 0.258 e. The highest BCUT2D eigenvalue weighted by atomic mass is 79.9. The monoisotopic (exact) mass is 631 g/mol. The highest BCUT2D eigenvalue weighted by molar-refractivity contribution is 9.10. The van der Waals surface area contributed by atoms with Gasteiger partial charge in [-0.15, -0.1) is 4.40 Å². The first-order valence-corrected chi connectivity index (χ1v) is 14.4. The van der Waals surface area contributed by atoms with Crippen LogP contribution in [0.3, 0.4) is 0 Å². The Balaban J connectivity index is 1.56. The molecule has 0 aliphatic heterocycles. The Morgan fingerprint density at radius 3 is 2.35 bits per heavy atom. The van der Waals surface area contributed by atoms with E-state index in [2.05, 4.69) is 30.6 Å². The number of anilines is 1. The lowest BCUT2D eigenvalue weighted by Gasteiger charge is -2.14. The van der Waals surface area contributed by atoms with Crippen molar-refractivity contribution in [1.82, 2.24) is 4.98 Å². The number of hydrogen-bond donors (Lipinski definition) is 1. The molecule has 9 nitrogen and oxygen atoms in total. The molecule has 4 aromatic rings. The van der Waals surface area contributed by atoms with Crippen molar-refractivity contribution in [2.24, 2.45) is 4.40 Å². The van der Waals surface area contributed by atoms with E-state index in [0.29, 0.717) is 39.4 Å². The van der Waals surface area contributed by atoms with Gasteiger partial charge < -0.3 is 24.3 Å². The molecule has 0 saturated heterocycles. The van der Waals surface area contributed by atoms with Crippen LogP contribution in [0, 0.1) is 5.82 Å². The zero-order valence-corrected chi connectivity index (χ0v) is 24.4. The number of sulfonamides is 1. The predicted octanol–water partition coefficient (Wildman–Crippen LogP) is 6.32. The minimum atomic E-state index is -3.88. The van der Waals surface area contributed by atoms with E-state index >= 15 is 4.39 Å². The second kappa shape index (κ2) is 13.1. The lowest BCUT2D eigenvalue weighted by molar-refractivity contribution is 0.207. The molecule has 40 heavy (non-hydrogen) atoms. The van der Waals surface area contributed by atoms with Gasteiger partial charge in [0.1, 0.15) is 11.6 Å². The predicted molar refractivity (Wildman–Crippen MR) is 156 cm³/mol. The first-order valence-electron chi connectivity index (χ1n) is 12.0.